The highest BCUT2D eigenvalue weighted by Crippen LogP contribution is 2.25. The van der Waals surface area contributed by atoms with E-state index >= 15 is 0 Å². The average molecular weight is 302 g/mol. The lowest BCUT2D eigenvalue weighted by Crippen LogP contribution is -2.10. The van der Waals surface area contributed by atoms with E-state index in [4.69, 9.17) is 4.74 Å². The lowest BCUT2D eigenvalue weighted by molar-refractivity contribution is 0.210. The van der Waals surface area contributed by atoms with Crippen molar-refractivity contribution >= 4 is 17.0 Å². The predicted molar refractivity (Wildman–Crippen MR) is 88.2 cm³/mol. The van der Waals surface area contributed by atoms with Gasteiger partial charge in [0.25, 0.3) is 0 Å². The maximum atomic E-state index is 5.98. The predicted octanol–water partition coefficient (Wildman–Crippen LogP) is 4.69. The van der Waals surface area contributed by atoms with Gasteiger partial charge in [-0.05, 0) is 63.8 Å². The summed E-state index contributed by atoms with van der Waals surface area (Å²) in [4.78, 5) is 5.76. The highest BCUT2D eigenvalue weighted by molar-refractivity contribution is 7.11. The summed E-state index contributed by atoms with van der Waals surface area (Å²) in [5, 5.41) is 4.58. The monoisotopic (exact) mass is 302 g/mol. The van der Waals surface area contributed by atoms with E-state index in [-0.39, 0.29) is 0 Å². The number of hydrogen-bond donors (Lipinski definition) is 1. The number of nitrogens with one attached hydrogen (secondary N) is 1. The molecule has 1 N–H and O–H groups in total. The molecule has 0 bridgehead atoms. The molecule has 1 aliphatic rings. The first-order chi connectivity index (χ1) is 10.2. The summed E-state index contributed by atoms with van der Waals surface area (Å²) in [5.74, 6) is 0.984. The van der Waals surface area contributed by atoms with Crippen molar-refractivity contribution in [3.63, 3.8) is 0 Å². The Kier molecular flexibility index (Phi) is 4.44. The molecule has 1 saturated carbocycles. The van der Waals surface area contributed by atoms with Crippen molar-refractivity contribution in [3.05, 3.63) is 39.8 Å². The molecule has 21 heavy (non-hydrogen) atoms. The molecular formula is C17H22N2OS. The Bertz CT molecular complexity index is 585. The zero-order valence-corrected chi connectivity index (χ0v) is 13.5. The average Bonchev–Trinajstić information content (AvgIpc) is 3.08. The maximum Gasteiger partial charge on any atom is 0.119 e. The van der Waals surface area contributed by atoms with Gasteiger partial charge in [-0.1, -0.05) is 0 Å². The first kappa shape index (κ1) is 14.4. The molecule has 3 nitrogen and oxygen atoms in total. The zero-order valence-electron chi connectivity index (χ0n) is 12.7. The second-order valence-corrected chi connectivity index (χ2v) is 6.93. The number of benzene rings is 1. The summed E-state index contributed by atoms with van der Waals surface area (Å²) in [6.45, 7) is 4.95. The molecule has 1 aliphatic carbocycles. The summed E-state index contributed by atoms with van der Waals surface area (Å²) < 4.78 is 5.98. The maximum absolute atomic E-state index is 5.98. The SMILES string of the molecule is Cc1nc(C)c(CNc2ccc(OC3CCCC3)cc2)s1. The Morgan fingerprint density at radius 1 is 1.19 bits per heavy atom. The molecule has 0 radical (unpaired) electrons. The minimum absolute atomic E-state index is 0.423. The molecule has 1 fully saturated rings. The van der Waals surface area contributed by atoms with Crippen LogP contribution in [0.1, 0.15) is 41.3 Å². The second kappa shape index (κ2) is 6.48. The second-order valence-electron chi connectivity index (χ2n) is 5.64. The highest BCUT2D eigenvalue weighted by atomic mass is 32.1. The van der Waals surface area contributed by atoms with Crippen LogP contribution in [0.25, 0.3) is 0 Å². The van der Waals surface area contributed by atoms with Crippen LogP contribution in [-0.2, 0) is 6.54 Å². The fourth-order valence-electron chi connectivity index (χ4n) is 2.77. The first-order valence-electron chi connectivity index (χ1n) is 7.64. The molecule has 0 spiro atoms. The molecule has 1 heterocycles. The Morgan fingerprint density at radius 2 is 1.90 bits per heavy atom. The van der Waals surface area contributed by atoms with Gasteiger partial charge in [0.2, 0.25) is 0 Å². The van der Waals surface area contributed by atoms with Crippen LogP contribution >= 0.6 is 11.3 Å². The van der Waals surface area contributed by atoms with Gasteiger partial charge >= 0.3 is 0 Å². The number of rotatable bonds is 5. The molecule has 4 heteroatoms. The van der Waals surface area contributed by atoms with Crippen molar-refractivity contribution in [1.82, 2.24) is 4.98 Å². The first-order valence-corrected chi connectivity index (χ1v) is 8.46. The number of thiazole rings is 1. The van der Waals surface area contributed by atoms with Gasteiger partial charge in [-0.3, -0.25) is 0 Å². The lowest BCUT2D eigenvalue weighted by Gasteiger charge is -2.13. The molecule has 0 atom stereocenters. The molecule has 112 valence electrons. The van der Waals surface area contributed by atoms with Crippen molar-refractivity contribution in [2.75, 3.05) is 5.32 Å². The molecule has 1 aromatic heterocycles. The minimum Gasteiger partial charge on any atom is -0.490 e. The van der Waals surface area contributed by atoms with Crippen LogP contribution in [0.5, 0.6) is 5.75 Å². The third-order valence-corrected chi connectivity index (χ3v) is 4.98. The number of nitrogens with zero attached hydrogens (tertiary/aromatic N) is 1. The summed E-state index contributed by atoms with van der Waals surface area (Å²) in [6, 6.07) is 8.30. The summed E-state index contributed by atoms with van der Waals surface area (Å²) in [6.07, 6.45) is 5.43. The van der Waals surface area contributed by atoms with Crippen LogP contribution in [0.4, 0.5) is 5.69 Å². The minimum atomic E-state index is 0.423. The quantitative estimate of drug-likeness (QED) is 0.869. The van der Waals surface area contributed by atoms with Crippen LogP contribution in [0.2, 0.25) is 0 Å². The van der Waals surface area contributed by atoms with Crippen LogP contribution in [0.15, 0.2) is 24.3 Å². The number of aromatic nitrogens is 1. The molecule has 2 aromatic rings. The van der Waals surface area contributed by atoms with Gasteiger partial charge in [-0.2, -0.15) is 0 Å². The molecular weight excluding hydrogens is 280 g/mol. The molecule has 3 rings (SSSR count). The Labute approximate surface area is 130 Å². The van der Waals surface area contributed by atoms with Crippen molar-refractivity contribution < 1.29 is 4.74 Å². The number of aryl methyl sites for hydroxylation is 2. The zero-order chi connectivity index (χ0) is 14.7. The third-order valence-electron chi connectivity index (χ3n) is 3.91. The fourth-order valence-corrected chi connectivity index (χ4v) is 3.65. The van der Waals surface area contributed by atoms with Gasteiger partial charge < -0.3 is 10.1 Å². The van der Waals surface area contributed by atoms with Gasteiger partial charge in [-0.15, -0.1) is 11.3 Å². The fraction of sp³-hybridized carbons (Fsp3) is 0.471. The number of hydrogen-bond acceptors (Lipinski definition) is 4. The molecule has 0 aliphatic heterocycles. The van der Waals surface area contributed by atoms with Gasteiger partial charge in [0.05, 0.1) is 23.4 Å². The van der Waals surface area contributed by atoms with E-state index in [0.717, 1.165) is 28.7 Å². The Hall–Kier alpha value is -1.55. The number of anilines is 1. The molecule has 0 unspecified atom stereocenters. The normalized spacial score (nSPS) is 15.3. The van der Waals surface area contributed by atoms with Crippen molar-refractivity contribution in [1.29, 1.82) is 0 Å². The molecule has 1 aromatic carbocycles. The van der Waals surface area contributed by atoms with Crippen LogP contribution < -0.4 is 10.1 Å². The van der Waals surface area contributed by atoms with E-state index in [1.54, 1.807) is 11.3 Å². The van der Waals surface area contributed by atoms with Crippen LogP contribution in [-0.4, -0.2) is 11.1 Å². The van der Waals surface area contributed by atoms with Gasteiger partial charge in [0, 0.05) is 10.6 Å². The van der Waals surface area contributed by atoms with E-state index in [2.05, 4.69) is 48.4 Å². The summed E-state index contributed by atoms with van der Waals surface area (Å²) >= 11 is 1.76. The molecule has 0 amide bonds. The van der Waals surface area contributed by atoms with Crippen molar-refractivity contribution in [2.45, 2.75) is 52.2 Å². The van der Waals surface area contributed by atoms with Gasteiger partial charge in [-0.25, -0.2) is 4.98 Å². The largest absolute Gasteiger partial charge is 0.490 e. The lowest BCUT2D eigenvalue weighted by atomic mass is 10.2. The smallest absolute Gasteiger partial charge is 0.119 e. The highest BCUT2D eigenvalue weighted by Gasteiger charge is 2.16. The summed E-state index contributed by atoms with van der Waals surface area (Å²) in [7, 11) is 0. The topological polar surface area (TPSA) is 34.2 Å². The molecule has 0 saturated heterocycles. The van der Waals surface area contributed by atoms with Crippen LogP contribution in [0.3, 0.4) is 0 Å². The van der Waals surface area contributed by atoms with Crippen LogP contribution in [0, 0.1) is 13.8 Å². The summed E-state index contributed by atoms with van der Waals surface area (Å²) in [5.41, 5.74) is 2.26. The third kappa shape index (κ3) is 3.76. The van der Waals surface area contributed by atoms with Crippen molar-refractivity contribution in [3.8, 4) is 5.75 Å². The van der Waals surface area contributed by atoms with E-state index < -0.39 is 0 Å². The van der Waals surface area contributed by atoms with Gasteiger partial charge in [0.1, 0.15) is 5.75 Å². The Balaban J connectivity index is 1.55. The van der Waals surface area contributed by atoms with E-state index in [0.29, 0.717) is 6.10 Å². The van der Waals surface area contributed by atoms with Gasteiger partial charge in [0.15, 0.2) is 0 Å². The number of ether oxygens (including phenoxy) is 1. The Morgan fingerprint density at radius 3 is 2.52 bits per heavy atom. The van der Waals surface area contributed by atoms with E-state index in [1.165, 1.54) is 30.6 Å². The van der Waals surface area contributed by atoms with Crippen molar-refractivity contribution in [2.24, 2.45) is 0 Å². The van der Waals surface area contributed by atoms with E-state index in [1.807, 2.05) is 0 Å². The standard InChI is InChI=1S/C17H22N2OS/c1-12-17(21-13(2)19-12)11-18-14-7-9-16(10-8-14)20-15-5-3-4-6-15/h7-10,15,18H,3-6,11H2,1-2H3. The van der Waals surface area contributed by atoms with E-state index in [9.17, 15) is 0 Å².